The summed E-state index contributed by atoms with van der Waals surface area (Å²) in [6.07, 6.45) is 3.78. The molecule has 0 heterocycles. The van der Waals surface area contributed by atoms with Gasteiger partial charge >= 0.3 is 0 Å². The first-order valence-corrected chi connectivity index (χ1v) is 3.24. The number of aliphatic hydroxyl groups excluding tert-OH is 1. The Morgan fingerprint density at radius 1 is 1.75 bits per heavy atom. The molecule has 1 nitrogen and oxygen atoms in total. The van der Waals surface area contributed by atoms with E-state index in [0.717, 1.165) is 17.7 Å². The molecule has 0 amide bonds. The highest BCUT2D eigenvalue weighted by molar-refractivity contribution is 7.84. The van der Waals surface area contributed by atoms with Crippen LogP contribution >= 0.6 is 12.6 Å². The monoisotopic (exact) mass is 132 g/mol. The Morgan fingerprint density at radius 2 is 2.38 bits per heavy atom. The third-order valence-electron chi connectivity index (χ3n) is 0.833. The number of hydrogen-bond donors (Lipinski definition) is 2. The third kappa shape index (κ3) is 4.22. The smallest absolute Gasteiger partial charge is 0.0622 e. The molecule has 0 bridgehead atoms. The molecule has 2 heteroatoms. The molecule has 0 saturated heterocycles. The quantitative estimate of drug-likeness (QED) is 0.559. The summed E-state index contributed by atoms with van der Waals surface area (Å²) in [7, 11) is 0. The average molecular weight is 132 g/mol. The van der Waals surface area contributed by atoms with Crippen molar-refractivity contribution in [1.29, 1.82) is 0 Å². The molecule has 0 aromatic carbocycles. The molecule has 0 saturated carbocycles. The minimum atomic E-state index is 0.110. The van der Waals surface area contributed by atoms with E-state index >= 15 is 0 Å². The summed E-state index contributed by atoms with van der Waals surface area (Å²) in [6.45, 7) is 2.19. The lowest BCUT2D eigenvalue weighted by Gasteiger charge is -1.91. The van der Waals surface area contributed by atoms with E-state index < -0.39 is 0 Å². The third-order valence-corrected chi connectivity index (χ3v) is 1.24. The minimum absolute atomic E-state index is 0.110. The van der Waals surface area contributed by atoms with Crippen molar-refractivity contribution in [3.05, 3.63) is 11.0 Å². The Labute approximate surface area is 55.8 Å². The van der Waals surface area contributed by atoms with Crippen molar-refractivity contribution in [2.75, 3.05) is 6.61 Å². The summed E-state index contributed by atoms with van der Waals surface area (Å²) in [4.78, 5) is 0.981. The molecule has 0 fully saturated rings. The van der Waals surface area contributed by atoms with Gasteiger partial charge in [0.2, 0.25) is 0 Å². The SMILES string of the molecule is CCC/C(S)=C/CO. The molecular weight excluding hydrogens is 120 g/mol. The highest BCUT2D eigenvalue weighted by Crippen LogP contribution is 2.07. The molecule has 0 aromatic heterocycles. The lowest BCUT2D eigenvalue weighted by Crippen LogP contribution is -1.76. The van der Waals surface area contributed by atoms with Crippen LogP contribution in [0.3, 0.4) is 0 Å². The van der Waals surface area contributed by atoms with Crippen LogP contribution in [0.15, 0.2) is 11.0 Å². The molecule has 48 valence electrons. The van der Waals surface area contributed by atoms with E-state index in [1.165, 1.54) is 0 Å². The summed E-state index contributed by atoms with van der Waals surface area (Å²) >= 11 is 4.09. The fourth-order valence-corrected chi connectivity index (χ4v) is 0.769. The fourth-order valence-electron chi connectivity index (χ4n) is 0.464. The molecule has 0 atom stereocenters. The summed E-state index contributed by atoms with van der Waals surface area (Å²) in [5.74, 6) is 0. The van der Waals surface area contributed by atoms with E-state index in [2.05, 4.69) is 19.6 Å². The molecule has 0 rings (SSSR count). The number of thiol groups is 1. The zero-order valence-corrected chi connectivity index (χ0v) is 5.99. The van der Waals surface area contributed by atoms with Gasteiger partial charge in [0.1, 0.15) is 0 Å². The largest absolute Gasteiger partial charge is 0.392 e. The molecular formula is C6H12OS. The zero-order chi connectivity index (χ0) is 6.41. The first kappa shape index (κ1) is 8.05. The summed E-state index contributed by atoms with van der Waals surface area (Å²) in [6, 6.07) is 0. The van der Waals surface area contributed by atoms with Crippen LogP contribution in [0.4, 0.5) is 0 Å². The first-order valence-electron chi connectivity index (χ1n) is 2.80. The highest BCUT2D eigenvalue weighted by atomic mass is 32.1. The van der Waals surface area contributed by atoms with E-state index in [1.54, 1.807) is 6.08 Å². The first-order chi connectivity index (χ1) is 3.81. The van der Waals surface area contributed by atoms with Crippen LogP contribution < -0.4 is 0 Å². The van der Waals surface area contributed by atoms with Gasteiger partial charge in [0.25, 0.3) is 0 Å². The van der Waals surface area contributed by atoms with Crippen LogP contribution in [-0.4, -0.2) is 11.7 Å². The Kier molecular flexibility index (Phi) is 5.22. The van der Waals surface area contributed by atoms with Crippen LogP contribution in [0.2, 0.25) is 0 Å². The van der Waals surface area contributed by atoms with Gasteiger partial charge in [-0.25, -0.2) is 0 Å². The molecule has 0 aliphatic rings. The maximum Gasteiger partial charge on any atom is 0.0622 e. The zero-order valence-electron chi connectivity index (χ0n) is 5.09. The molecule has 0 aliphatic heterocycles. The minimum Gasteiger partial charge on any atom is -0.392 e. The number of aliphatic hydroxyl groups is 1. The lowest BCUT2D eigenvalue weighted by molar-refractivity contribution is 0.342. The summed E-state index contributed by atoms with van der Waals surface area (Å²) < 4.78 is 0. The van der Waals surface area contributed by atoms with E-state index in [1.807, 2.05) is 0 Å². The molecule has 1 N–H and O–H groups in total. The van der Waals surface area contributed by atoms with Crippen LogP contribution in [0.25, 0.3) is 0 Å². The lowest BCUT2D eigenvalue weighted by atomic mass is 10.3. The Morgan fingerprint density at radius 3 is 2.75 bits per heavy atom. The molecule has 0 aromatic rings. The van der Waals surface area contributed by atoms with Crippen LogP contribution in [0.5, 0.6) is 0 Å². The molecule has 8 heavy (non-hydrogen) atoms. The second-order valence-corrected chi connectivity index (χ2v) is 2.20. The second-order valence-electron chi connectivity index (χ2n) is 1.63. The second kappa shape index (κ2) is 5.19. The van der Waals surface area contributed by atoms with E-state index in [-0.39, 0.29) is 6.61 Å². The van der Waals surface area contributed by atoms with Crippen molar-refractivity contribution in [2.24, 2.45) is 0 Å². The maximum atomic E-state index is 8.34. The summed E-state index contributed by atoms with van der Waals surface area (Å²) in [5.41, 5.74) is 0. The topological polar surface area (TPSA) is 20.2 Å². The van der Waals surface area contributed by atoms with Gasteiger partial charge in [-0.15, -0.1) is 12.6 Å². The van der Waals surface area contributed by atoms with Crippen LogP contribution in [-0.2, 0) is 0 Å². The van der Waals surface area contributed by atoms with Crippen molar-refractivity contribution < 1.29 is 5.11 Å². The van der Waals surface area contributed by atoms with E-state index in [0.29, 0.717) is 0 Å². The van der Waals surface area contributed by atoms with Crippen molar-refractivity contribution in [1.82, 2.24) is 0 Å². The molecule has 0 radical (unpaired) electrons. The van der Waals surface area contributed by atoms with Crippen LogP contribution in [0, 0.1) is 0 Å². The Bertz CT molecular complexity index is 78.6. The molecule has 0 aliphatic carbocycles. The van der Waals surface area contributed by atoms with Gasteiger partial charge < -0.3 is 5.11 Å². The summed E-state index contributed by atoms with van der Waals surface area (Å²) in [5, 5.41) is 8.34. The maximum absolute atomic E-state index is 8.34. The van der Waals surface area contributed by atoms with Crippen molar-refractivity contribution >= 4 is 12.6 Å². The Hall–Kier alpha value is 0.0500. The van der Waals surface area contributed by atoms with E-state index in [4.69, 9.17) is 5.11 Å². The van der Waals surface area contributed by atoms with Gasteiger partial charge in [0, 0.05) is 0 Å². The number of allylic oxidation sites excluding steroid dienone is 1. The van der Waals surface area contributed by atoms with Crippen molar-refractivity contribution in [2.45, 2.75) is 19.8 Å². The highest BCUT2D eigenvalue weighted by Gasteiger charge is 1.83. The van der Waals surface area contributed by atoms with E-state index in [9.17, 15) is 0 Å². The van der Waals surface area contributed by atoms with Gasteiger partial charge in [0.05, 0.1) is 6.61 Å². The van der Waals surface area contributed by atoms with Crippen molar-refractivity contribution in [3.8, 4) is 0 Å². The predicted octanol–water partition coefficient (Wildman–Crippen LogP) is 1.59. The Balaban J connectivity index is 3.29. The predicted molar refractivity (Wildman–Crippen MR) is 39.1 cm³/mol. The van der Waals surface area contributed by atoms with Gasteiger partial charge in [-0.2, -0.15) is 0 Å². The number of rotatable bonds is 3. The van der Waals surface area contributed by atoms with Gasteiger partial charge in [-0.3, -0.25) is 0 Å². The van der Waals surface area contributed by atoms with Gasteiger partial charge in [-0.05, 0) is 17.4 Å². The van der Waals surface area contributed by atoms with Gasteiger partial charge in [0.15, 0.2) is 0 Å². The average Bonchev–Trinajstić information content (AvgIpc) is 1.68. The normalized spacial score (nSPS) is 12.1. The van der Waals surface area contributed by atoms with Crippen LogP contribution in [0.1, 0.15) is 19.8 Å². The fraction of sp³-hybridized carbons (Fsp3) is 0.667. The molecule has 0 unspecified atom stereocenters. The number of hydrogen-bond acceptors (Lipinski definition) is 2. The standard InChI is InChI=1S/C6H12OS/c1-2-3-6(8)4-5-7/h4,7-8H,2-3,5H2,1H3/b6-4-. The van der Waals surface area contributed by atoms with Crippen molar-refractivity contribution in [3.63, 3.8) is 0 Å². The van der Waals surface area contributed by atoms with Gasteiger partial charge in [-0.1, -0.05) is 13.3 Å². The molecule has 0 spiro atoms.